The van der Waals surface area contributed by atoms with Crippen LogP contribution in [0.25, 0.3) is 0 Å². The number of hydrogen-bond acceptors (Lipinski definition) is 2. The van der Waals surface area contributed by atoms with Crippen LogP contribution in [0.5, 0.6) is 0 Å². The van der Waals surface area contributed by atoms with E-state index >= 15 is 0 Å². The molecule has 0 aromatic rings. The molecular formula is CHNSW. The van der Waals surface area contributed by atoms with Crippen molar-refractivity contribution in [2.24, 2.45) is 0 Å². The molecule has 0 aromatic carbocycles. The molecule has 0 aromatic heterocycles. The van der Waals surface area contributed by atoms with Crippen LogP contribution < -0.4 is 0 Å². The van der Waals surface area contributed by atoms with Gasteiger partial charge in [0.15, 0.2) is 0 Å². The second-order valence-corrected chi connectivity index (χ2v) is 0.300. The standard InChI is InChI=1S/CHNS.W/c2-1-3;/h3H;. The van der Waals surface area contributed by atoms with E-state index in [9.17, 15) is 0 Å². The zero-order valence-corrected chi connectivity index (χ0v) is 5.63. The van der Waals surface area contributed by atoms with E-state index in [4.69, 9.17) is 5.26 Å². The van der Waals surface area contributed by atoms with Crippen LogP contribution >= 0.6 is 12.6 Å². The van der Waals surface area contributed by atoms with Gasteiger partial charge in [-0.1, -0.05) is 12.6 Å². The Balaban J connectivity index is 0. The molecule has 0 heterocycles. The van der Waals surface area contributed by atoms with E-state index in [1.807, 2.05) is 0 Å². The van der Waals surface area contributed by atoms with E-state index in [2.05, 4.69) is 12.6 Å². The first-order valence-electron chi connectivity index (χ1n) is 0.447. The summed E-state index contributed by atoms with van der Waals surface area (Å²) in [5, 5.41) is 8.63. The van der Waals surface area contributed by atoms with Crippen LogP contribution in [0.4, 0.5) is 0 Å². The Morgan fingerprint density at radius 2 is 1.75 bits per heavy atom. The van der Waals surface area contributed by atoms with Crippen LogP contribution in [0.2, 0.25) is 0 Å². The predicted molar refractivity (Wildman–Crippen MR) is 14.6 cm³/mol. The molecule has 0 bridgehead atoms. The molecule has 0 fully saturated rings. The van der Waals surface area contributed by atoms with E-state index in [-0.39, 0.29) is 21.1 Å². The van der Waals surface area contributed by atoms with Crippen LogP contribution in [0.15, 0.2) is 0 Å². The normalized spacial score (nSPS) is 2.00. The average Bonchev–Trinajstić information content (AvgIpc) is 0.918. The summed E-state index contributed by atoms with van der Waals surface area (Å²) in [6, 6.07) is 0. The average molecular weight is 243 g/mol. The maximum Gasteiger partial charge on any atom is 0.130 e. The van der Waals surface area contributed by atoms with Gasteiger partial charge in [-0.3, -0.25) is 0 Å². The number of hydrogen-bond donors (Lipinski definition) is 1. The van der Waals surface area contributed by atoms with Crippen molar-refractivity contribution in [1.29, 1.82) is 5.26 Å². The van der Waals surface area contributed by atoms with Crippen LogP contribution in [0, 0.1) is 10.7 Å². The maximum atomic E-state index is 7.18. The second-order valence-electron chi connectivity index (χ2n) is 0.100. The van der Waals surface area contributed by atoms with Gasteiger partial charge in [0.25, 0.3) is 0 Å². The minimum absolute atomic E-state index is 0. The Labute approximate surface area is 44.7 Å². The first kappa shape index (κ1) is 8.82. The van der Waals surface area contributed by atoms with Crippen LogP contribution in [-0.4, -0.2) is 0 Å². The topological polar surface area (TPSA) is 23.8 Å². The fourth-order valence-electron chi connectivity index (χ4n) is 0. The van der Waals surface area contributed by atoms with Gasteiger partial charge in [-0.15, -0.1) is 0 Å². The first-order valence-corrected chi connectivity index (χ1v) is 0.894. The molecule has 0 saturated heterocycles. The van der Waals surface area contributed by atoms with Crippen molar-refractivity contribution < 1.29 is 21.1 Å². The third-order valence-corrected chi connectivity index (χ3v) is 0. The van der Waals surface area contributed by atoms with Crippen molar-refractivity contribution in [2.45, 2.75) is 0 Å². The maximum absolute atomic E-state index is 7.18. The summed E-state index contributed by atoms with van der Waals surface area (Å²) in [6.07, 6.45) is 0. The van der Waals surface area contributed by atoms with Crippen molar-refractivity contribution in [3.8, 4) is 5.40 Å². The van der Waals surface area contributed by atoms with Gasteiger partial charge in [0, 0.05) is 21.1 Å². The Morgan fingerprint density at radius 1 is 1.75 bits per heavy atom. The summed E-state index contributed by atoms with van der Waals surface area (Å²) in [7, 11) is 0. The number of nitrogens with zero attached hydrogens (tertiary/aromatic N) is 1. The van der Waals surface area contributed by atoms with E-state index in [1.165, 1.54) is 5.40 Å². The molecule has 0 atom stereocenters. The van der Waals surface area contributed by atoms with E-state index < -0.39 is 0 Å². The molecular weight excluding hydrogens is 242 g/mol. The zero-order valence-electron chi connectivity index (χ0n) is 1.80. The second kappa shape index (κ2) is 9.66. The molecule has 0 amide bonds. The summed E-state index contributed by atoms with van der Waals surface area (Å²) in [5.74, 6) is 0. The van der Waals surface area contributed by atoms with Crippen molar-refractivity contribution in [3.05, 3.63) is 0 Å². The van der Waals surface area contributed by atoms with Gasteiger partial charge in [-0.05, 0) is 0 Å². The fraction of sp³-hybridized carbons (Fsp3) is 0. The minimum Gasteiger partial charge on any atom is -0.185 e. The monoisotopic (exact) mass is 243 g/mol. The molecule has 0 rings (SSSR count). The van der Waals surface area contributed by atoms with Gasteiger partial charge in [0.1, 0.15) is 5.40 Å². The van der Waals surface area contributed by atoms with Crippen molar-refractivity contribution in [2.75, 3.05) is 0 Å². The van der Waals surface area contributed by atoms with E-state index in [0.29, 0.717) is 0 Å². The molecule has 4 heavy (non-hydrogen) atoms. The Bertz CT molecular complexity index is 29.5. The van der Waals surface area contributed by atoms with Crippen LogP contribution in [0.3, 0.4) is 0 Å². The fourth-order valence-corrected chi connectivity index (χ4v) is 0. The van der Waals surface area contributed by atoms with Gasteiger partial charge in [0.05, 0.1) is 0 Å². The van der Waals surface area contributed by atoms with E-state index in [1.54, 1.807) is 0 Å². The zero-order chi connectivity index (χ0) is 2.71. The molecule has 0 aliphatic heterocycles. The number of thiol groups is 1. The predicted octanol–water partition coefficient (Wildman–Crippen LogP) is 0.395. The quantitative estimate of drug-likeness (QED) is 0.483. The molecule has 0 spiro atoms. The third kappa shape index (κ3) is 21.2. The number of nitriles is 1. The molecule has 1 nitrogen and oxygen atoms in total. The van der Waals surface area contributed by atoms with Crippen LogP contribution in [0.1, 0.15) is 0 Å². The van der Waals surface area contributed by atoms with Crippen molar-refractivity contribution in [3.63, 3.8) is 0 Å². The Hall–Kier alpha value is 0.528. The van der Waals surface area contributed by atoms with Crippen molar-refractivity contribution >= 4 is 12.6 Å². The van der Waals surface area contributed by atoms with Crippen LogP contribution in [-0.2, 0) is 21.1 Å². The summed E-state index contributed by atoms with van der Waals surface area (Å²) in [4.78, 5) is 0. The van der Waals surface area contributed by atoms with Gasteiger partial charge in [-0.25, -0.2) is 0 Å². The number of rotatable bonds is 0. The molecule has 0 N–H and O–H groups in total. The molecule has 3 heteroatoms. The Morgan fingerprint density at radius 3 is 1.75 bits per heavy atom. The summed E-state index contributed by atoms with van der Waals surface area (Å²) >= 11 is 3.09. The SMILES string of the molecule is N#CS.[W]. The van der Waals surface area contributed by atoms with Gasteiger partial charge in [0.2, 0.25) is 0 Å². The summed E-state index contributed by atoms with van der Waals surface area (Å²) < 4.78 is 0. The molecule has 0 unspecified atom stereocenters. The van der Waals surface area contributed by atoms with Gasteiger partial charge >= 0.3 is 0 Å². The minimum atomic E-state index is 0. The molecule has 0 aliphatic carbocycles. The van der Waals surface area contributed by atoms with E-state index in [0.717, 1.165) is 0 Å². The first-order chi connectivity index (χ1) is 1.41. The largest absolute Gasteiger partial charge is 0.185 e. The van der Waals surface area contributed by atoms with Crippen molar-refractivity contribution in [1.82, 2.24) is 0 Å². The smallest absolute Gasteiger partial charge is 0.130 e. The molecule has 0 saturated carbocycles. The van der Waals surface area contributed by atoms with Gasteiger partial charge in [-0.2, -0.15) is 5.26 Å². The molecule has 0 aliphatic rings. The Kier molecular flexibility index (Phi) is 21.3. The molecule has 22 valence electrons. The summed E-state index contributed by atoms with van der Waals surface area (Å²) in [5.41, 5.74) is 0. The molecule has 0 radical (unpaired) electrons. The number of thiocyanates is 1. The summed E-state index contributed by atoms with van der Waals surface area (Å²) in [6.45, 7) is 0. The van der Waals surface area contributed by atoms with Gasteiger partial charge < -0.3 is 0 Å². The third-order valence-electron chi connectivity index (χ3n) is 0.